The molecule has 0 bridgehead atoms. The average molecular weight is 397 g/mol. The van der Waals surface area contributed by atoms with Crippen molar-refractivity contribution in [3.63, 3.8) is 0 Å². The highest BCUT2D eigenvalue weighted by atomic mass is 19.4. The van der Waals surface area contributed by atoms with Gasteiger partial charge in [-0.25, -0.2) is 0 Å². The number of hydrogen-bond donors (Lipinski definition) is 1. The Balaban J connectivity index is 1.53. The van der Waals surface area contributed by atoms with Gasteiger partial charge in [-0.3, -0.25) is 14.5 Å². The van der Waals surface area contributed by atoms with Gasteiger partial charge in [0, 0.05) is 31.7 Å². The Morgan fingerprint density at radius 1 is 1.14 bits per heavy atom. The molecule has 28 heavy (non-hydrogen) atoms. The summed E-state index contributed by atoms with van der Waals surface area (Å²) in [6.07, 6.45) is -2.79. The fourth-order valence-corrected chi connectivity index (χ4v) is 4.15. The molecule has 8 heteroatoms. The topological polar surface area (TPSA) is 52.7 Å². The second kappa shape index (κ2) is 8.51. The van der Waals surface area contributed by atoms with Gasteiger partial charge in [0.2, 0.25) is 5.91 Å². The summed E-state index contributed by atoms with van der Waals surface area (Å²) in [6, 6.07) is 9.27. The van der Waals surface area contributed by atoms with E-state index in [1.807, 2.05) is 18.2 Å². The molecule has 1 N–H and O–H groups in total. The highest BCUT2D eigenvalue weighted by Crippen LogP contribution is 2.26. The Bertz CT molecular complexity index is 696. The zero-order valence-corrected chi connectivity index (χ0v) is 15.9. The van der Waals surface area contributed by atoms with Crippen LogP contribution in [0.1, 0.15) is 38.2 Å². The van der Waals surface area contributed by atoms with E-state index in [0.717, 1.165) is 25.9 Å². The molecule has 2 aliphatic heterocycles. The second-order valence-corrected chi connectivity index (χ2v) is 7.69. The van der Waals surface area contributed by atoms with Gasteiger partial charge in [-0.1, -0.05) is 30.3 Å². The maximum atomic E-state index is 12.7. The van der Waals surface area contributed by atoms with Crippen LogP contribution < -0.4 is 5.32 Å². The number of halogens is 3. The van der Waals surface area contributed by atoms with Gasteiger partial charge in [0.1, 0.15) is 6.04 Å². The highest BCUT2D eigenvalue weighted by molar-refractivity contribution is 5.90. The Kier molecular flexibility index (Phi) is 6.27. The summed E-state index contributed by atoms with van der Waals surface area (Å²) in [5, 5.41) is 2.89. The van der Waals surface area contributed by atoms with Crippen LogP contribution in [0.25, 0.3) is 0 Å². The number of carbonyl (C=O) groups is 2. The fraction of sp³-hybridized carbons (Fsp3) is 0.600. The van der Waals surface area contributed by atoms with Crippen molar-refractivity contribution >= 4 is 11.8 Å². The van der Waals surface area contributed by atoms with Crippen molar-refractivity contribution in [3.8, 4) is 0 Å². The molecule has 0 radical (unpaired) electrons. The molecule has 5 nitrogen and oxygen atoms in total. The largest absolute Gasteiger partial charge is 0.471 e. The van der Waals surface area contributed by atoms with Gasteiger partial charge in [0.15, 0.2) is 0 Å². The van der Waals surface area contributed by atoms with Crippen molar-refractivity contribution in [3.05, 3.63) is 35.9 Å². The lowest BCUT2D eigenvalue weighted by atomic mass is 9.97. The Hall–Kier alpha value is -2.09. The molecule has 0 aliphatic carbocycles. The maximum Gasteiger partial charge on any atom is 0.471 e. The number of rotatable bonds is 4. The third-order valence-electron chi connectivity index (χ3n) is 5.65. The van der Waals surface area contributed by atoms with E-state index in [1.165, 1.54) is 5.56 Å². The van der Waals surface area contributed by atoms with Crippen LogP contribution in [0.4, 0.5) is 13.2 Å². The number of nitrogens with one attached hydrogen (secondary N) is 1. The Morgan fingerprint density at radius 3 is 2.50 bits per heavy atom. The molecule has 0 aromatic heterocycles. The molecule has 3 rings (SSSR count). The van der Waals surface area contributed by atoms with Gasteiger partial charge in [-0.2, -0.15) is 13.2 Å². The molecule has 0 saturated carbocycles. The summed E-state index contributed by atoms with van der Waals surface area (Å²) in [5.41, 5.74) is 1.23. The van der Waals surface area contributed by atoms with Gasteiger partial charge in [0.25, 0.3) is 0 Å². The molecule has 0 unspecified atom stereocenters. The first-order chi connectivity index (χ1) is 13.3. The molecular formula is C20H26F3N3O2. The van der Waals surface area contributed by atoms with E-state index >= 15 is 0 Å². The van der Waals surface area contributed by atoms with Gasteiger partial charge >= 0.3 is 12.1 Å². The van der Waals surface area contributed by atoms with E-state index in [2.05, 4.69) is 29.3 Å². The molecule has 1 aromatic rings. The van der Waals surface area contributed by atoms with Crippen LogP contribution in [0.2, 0.25) is 0 Å². The van der Waals surface area contributed by atoms with E-state index in [1.54, 1.807) is 0 Å². The van der Waals surface area contributed by atoms with Crippen LogP contribution >= 0.6 is 0 Å². The van der Waals surface area contributed by atoms with E-state index < -0.39 is 24.0 Å². The summed E-state index contributed by atoms with van der Waals surface area (Å²) >= 11 is 0. The number of hydrogen-bond acceptors (Lipinski definition) is 3. The zero-order valence-electron chi connectivity index (χ0n) is 15.9. The Labute approximate surface area is 162 Å². The fourth-order valence-electron chi connectivity index (χ4n) is 4.15. The van der Waals surface area contributed by atoms with Crippen LogP contribution in [-0.4, -0.2) is 59.0 Å². The molecule has 3 atom stereocenters. The molecule has 2 amide bonds. The first kappa shape index (κ1) is 20.6. The number of likely N-dealkylation sites (tertiary alicyclic amines) is 2. The summed E-state index contributed by atoms with van der Waals surface area (Å²) in [4.78, 5) is 27.1. The summed E-state index contributed by atoms with van der Waals surface area (Å²) in [7, 11) is 0. The maximum absolute atomic E-state index is 12.7. The van der Waals surface area contributed by atoms with Crippen LogP contribution in [0.15, 0.2) is 30.3 Å². The number of benzene rings is 1. The lowest BCUT2D eigenvalue weighted by Gasteiger charge is -2.38. The third-order valence-corrected chi connectivity index (χ3v) is 5.65. The summed E-state index contributed by atoms with van der Waals surface area (Å²) in [6.45, 7) is 3.70. The van der Waals surface area contributed by atoms with Gasteiger partial charge < -0.3 is 10.2 Å². The molecular weight excluding hydrogens is 371 g/mol. The minimum atomic E-state index is -4.94. The number of nitrogens with zero attached hydrogens (tertiary/aromatic N) is 2. The molecule has 154 valence electrons. The lowest BCUT2D eigenvalue weighted by Crippen LogP contribution is -2.54. The van der Waals surface area contributed by atoms with Gasteiger partial charge in [0.05, 0.1) is 0 Å². The average Bonchev–Trinajstić information content (AvgIpc) is 3.13. The molecule has 2 saturated heterocycles. The van der Waals surface area contributed by atoms with Crippen LogP contribution in [0.3, 0.4) is 0 Å². The molecule has 2 heterocycles. The minimum Gasteiger partial charge on any atom is -0.351 e. The molecule has 2 fully saturated rings. The first-order valence-electron chi connectivity index (χ1n) is 9.72. The van der Waals surface area contributed by atoms with E-state index in [9.17, 15) is 22.8 Å². The van der Waals surface area contributed by atoms with Crippen molar-refractivity contribution in [2.24, 2.45) is 0 Å². The predicted octanol–water partition coefficient (Wildman–Crippen LogP) is 2.71. The van der Waals surface area contributed by atoms with Gasteiger partial charge in [-0.05, 0) is 38.2 Å². The van der Waals surface area contributed by atoms with E-state index in [-0.39, 0.29) is 25.0 Å². The Morgan fingerprint density at radius 2 is 1.86 bits per heavy atom. The molecule has 0 spiro atoms. The van der Waals surface area contributed by atoms with Crippen LogP contribution in [-0.2, 0) is 16.1 Å². The normalized spacial score (nSPS) is 26.3. The zero-order chi connectivity index (χ0) is 20.3. The van der Waals surface area contributed by atoms with E-state index in [0.29, 0.717) is 11.3 Å². The first-order valence-corrected chi connectivity index (χ1v) is 9.72. The third kappa shape index (κ3) is 4.84. The predicted molar refractivity (Wildman–Crippen MR) is 98.3 cm³/mol. The quantitative estimate of drug-likeness (QED) is 0.850. The van der Waals surface area contributed by atoms with Crippen LogP contribution in [0, 0.1) is 0 Å². The smallest absolute Gasteiger partial charge is 0.351 e. The second-order valence-electron chi connectivity index (χ2n) is 7.69. The number of alkyl halides is 3. The van der Waals surface area contributed by atoms with E-state index in [4.69, 9.17) is 0 Å². The molecule has 2 aliphatic rings. The van der Waals surface area contributed by atoms with Crippen molar-refractivity contribution < 1.29 is 22.8 Å². The molecule has 1 aromatic carbocycles. The number of amides is 2. The van der Waals surface area contributed by atoms with Crippen molar-refractivity contribution in [2.75, 3.05) is 13.1 Å². The number of carbonyl (C=O) groups excluding carboxylic acids is 2. The lowest BCUT2D eigenvalue weighted by molar-refractivity contribution is -0.186. The van der Waals surface area contributed by atoms with Crippen molar-refractivity contribution in [1.82, 2.24) is 15.1 Å². The minimum absolute atomic E-state index is 0.0254. The number of piperidine rings is 1. The summed E-state index contributed by atoms with van der Waals surface area (Å²) in [5.74, 6) is -2.39. The highest BCUT2D eigenvalue weighted by Gasteiger charge is 2.47. The summed E-state index contributed by atoms with van der Waals surface area (Å²) < 4.78 is 38.2. The standard InChI is InChI=1S/C20H26F3N3O2/c1-14-12-16(9-11-25(14)13-15-6-3-2-4-7-15)24-18(27)17-8-5-10-26(17)19(28)20(21,22)23/h2-4,6-7,14,16-17H,5,8-13H2,1H3,(H,24,27)/t14-,16-,17+/m1/s1. The van der Waals surface area contributed by atoms with Gasteiger partial charge in [-0.15, -0.1) is 0 Å². The SMILES string of the molecule is C[C@@H]1C[C@H](NC(=O)[C@@H]2CCCN2C(=O)C(F)(F)F)CCN1Cc1ccccc1. The van der Waals surface area contributed by atoms with Crippen molar-refractivity contribution in [2.45, 2.75) is 63.5 Å². The van der Waals surface area contributed by atoms with Crippen molar-refractivity contribution in [1.29, 1.82) is 0 Å². The monoisotopic (exact) mass is 397 g/mol. The van der Waals surface area contributed by atoms with Crippen LogP contribution in [0.5, 0.6) is 0 Å².